The van der Waals surface area contributed by atoms with Gasteiger partial charge in [-0.15, -0.1) is 0 Å². The molecule has 1 aromatic rings. The van der Waals surface area contributed by atoms with Gasteiger partial charge in [-0.3, -0.25) is 0 Å². The first kappa shape index (κ1) is 13.3. The second kappa shape index (κ2) is 6.14. The van der Waals surface area contributed by atoms with E-state index in [0.29, 0.717) is 12.5 Å². The summed E-state index contributed by atoms with van der Waals surface area (Å²) in [4.78, 5) is 0. The van der Waals surface area contributed by atoms with E-state index in [-0.39, 0.29) is 11.8 Å². The fourth-order valence-electron chi connectivity index (χ4n) is 1.99. The van der Waals surface area contributed by atoms with Gasteiger partial charge in [0.15, 0.2) is 0 Å². The van der Waals surface area contributed by atoms with Gasteiger partial charge < -0.3 is 10.1 Å². The van der Waals surface area contributed by atoms with E-state index in [4.69, 9.17) is 4.74 Å². The fourth-order valence-corrected chi connectivity index (χ4v) is 1.99. The molecule has 0 aromatic heterocycles. The monoisotopic (exact) mass is 255 g/mol. The molecule has 4 heteroatoms. The molecule has 1 aliphatic rings. The van der Waals surface area contributed by atoms with E-state index >= 15 is 0 Å². The van der Waals surface area contributed by atoms with Crippen molar-refractivity contribution in [3.8, 4) is 5.75 Å². The van der Waals surface area contributed by atoms with E-state index in [1.54, 1.807) is 0 Å². The Morgan fingerprint density at radius 1 is 1.28 bits per heavy atom. The molecule has 18 heavy (non-hydrogen) atoms. The normalized spacial score (nSPS) is 16.6. The lowest BCUT2D eigenvalue weighted by molar-refractivity contribution is 0.247. The van der Waals surface area contributed by atoms with Gasteiger partial charge in [-0.05, 0) is 31.7 Å². The zero-order valence-electron chi connectivity index (χ0n) is 10.6. The molecule has 2 nitrogen and oxygen atoms in total. The molecular weight excluding hydrogens is 236 g/mol. The van der Waals surface area contributed by atoms with Crippen molar-refractivity contribution in [3.05, 3.63) is 29.8 Å². The highest BCUT2D eigenvalue weighted by atomic mass is 19.1. The van der Waals surface area contributed by atoms with E-state index in [1.165, 1.54) is 25.0 Å². The van der Waals surface area contributed by atoms with Crippen LogP contribution in [0.5, 0.6) is 5.75 Å². The Hall–Kier alpha value is -1.16. The lowest BCUT2D eigenvalue weighted by atomic mass is 10.2. The van der Waals surface area contributed by atoms with Gasteiger partial charge in [-0.1, -0.05) is 6.92 Å². The van der Waals surface area contributed by atoms with E-state index < -0.39 is 11.6 Å². The highest BCUT2D eigenvalue weighted by molar-refractivity contribution is 5.23. The summed E-state index contributed by atoms with van der Waals surface area (Å²) < 4.78 is 31.5. The highest BCUT2D eigenvalue weighted by Crippen LogP contribution is 2.33. The van der Waals surface area contributed by atoms with E-state index in [0.717, 1.165) is 19.0 Å². The third kappa shape index (κ3) is 3.95. The van der Waals surface area contributed by atoms with Crippen LogP contribution in [0.4, 0.5) is 8.78 Å². The Morgan fingerprint density at radius 2 is 1.94 bits per heavy atom. The topological polar surface area (TPSA) is 21.3 Å². The Morgan fingerprint density at radius 3 is 2.50 bits per heavy atom. The Bertz CT molecular complexity index is 373. The van der Waals surface area contributed by atoms with Crippen molar-refractivity contribution < 1.29 is 13.5 Å². The van der Waals surface area contributed by atoms with Crippen molar-refractivity contribution in [2.75, 3.05) is 13.2 Å². The van der Waals surface area contributed by atoms with Crippen molar-refractivity contribution in [2.45, 2.75) is 32.2 Å². The Kier molecular flexibility index (Phi) is 4.53. The van der Waals surface area contributed by atoms with Gasteiger partial charge in [-0.25, -0.2) is 8.78 Å². The minimum Gasteiger partial charge on any atom is -0.492 e. The largest absolute Gasteiger partial charge is 0.492 e. The molecule has 100 valence electrons. The first-order valence-corrected chi connectivity index (χ1v) is 6.51. The van der Waals surface area contributed by atoms with Crippen molar-refractivity contribution >= 4 is 0 Å². The van der Waals surface area contributed by atoms with Crippen LogP contribution in [-0.4, -0.2) is 19.2 Å². The predicted octanol–water partition coefficient (Wildman–Crippen LogP) is 3.12. The van der Waals surface area contributed by atoms with Crippen LogP contribution in [0.25, 0.3) is 0 Å². The summed E-state index contributed by atoms with van der Waals surface area (Å²) in [6, 6.07) is 3.57. The predicted molar refractivity (Wildman–Crippen MR) is 66.7 cm³/mol. The SMILES string of the molecule is CCCNC(COc1cc(F)cc(F)c1)C1CC1. The molecule has 1 atom stereocenters. The molecule has 1 unspecified atom stereocenters. The van der Waals surface area contributed by atoms with Crippen LogP contribution in [0, 0.1) is 17.6 Å². The smallest absolute Gasteiger partial charge is 0.129 e. The van der Waals surface area contributed by atoms with Crippen LogP contribution in [0.15, 0.2) is 18.2 Å². The summed E-state index contributed by atoms with van der Waals surface area (Å²) in [6.45, 7) is 3.52. The molecule has 0 heterocycles. The van der Waals surface area contributed by atoms with Crippen LogP contribution in [-0.2, 0) is 0 Å². The molecule has 1 fully saturated rings. The molecular formula is C14H19F2NO. The van der Waals surface area contributed by atoms with Gasteiger partial charge >= 0.3 is 0 Å². The molecule has 1 aliphatic carbocycles. The van der Waals surface area contributed by atoms with Gasteiger partial charge in [0.1, 0.15) is 24.0 Å². The van der Waals surface area contributed by atoms with Crippen molar-refractivity contribution in [2.24, 2.45) is 5.92 Å². The number of nitrogens with one attached hydrogen (secondary N) is 1. The highest BCUT2D eigenvalue weighted by Gasteiger charge is 2.31. The van der Waals surface area contributed by atoms with Gasteiger partial charge in [-0.2, -0.15) is 0 Å². The van der Waals surface area contributed by atoms with Crippen molar-refractivity contribution in [3.63, 3.8) is 0 Å². The lowest BCUT2D eigenvalue weighted by Gasteiger charge is -2.18. The number of benzene rings is 1. The second-order valence-corrected chi connectivity index (χ2v) is 4.81. The Balaban J connectivity index is 1.87. The molecule has 0 radical (unpaired) electrons. The average Bonchev–Trinajstić information content (AvgIpc) is 3.12. The van der Waals surface area contributed by atoms with Crippen molar-refractivity contribution in [1.29, 1.82) is 0 Å². The summed E-state index contributed by atoms with van der Waals surface area (Å²) in [5.41, 5.74) is 0. The maximum absolute atomic E-state index is 13.0. The van der Waals surface area contributed by atoms with Gasteiger partial charge in [0, 0.05) is 24.2 Å². The lowest BCUT2D eigenvalue weighted by Crippen LogP contribution is -2.37. The third-order valence-corrected chi connectivity index (χ3v) is 3.11. The minimum absolute atomic E-state index is 0.261. The van der Waals surface area contributed by atoms with Crippen LogP contribution >= 0.6 is 0 Å². The van der Waals surface area contributed by atoms with E-state index in [9.17, 15) is 8.78 Å². The van der Waals surface area contributed by atoms with E-state index in [1.807, 2.05) is 0 Å². The summed E-state index contributed by atoms with van der Waals surface area (Å²) >= 11 is 0. The zero-order chi connectivity index (χ0) is 13.0. The van der Waals surface area contributed by atoms with Gasteiger partial charge in [0.25, 0.3) is 0 Å². The summed E-state index contributed by atoms with van der Waals surface area (Å²) in [5, 5.41) is 3.42. The average molecular weight is 255 g/mol. The minimum atomic E-state index is -0.602. The second-order valence-electron chi connectivity index (χ2n) is 4.81. The maximum atomic E-state index is 13.0. The summed E-state index contributed by atoms with van der Waals surface area (Å²) in [7, 11) is 0. The standard InChI is InChI=1S/C14H19F2NO/c1-2-5-17-14(10-3-4-10)9-18-13-7-11(15)6-12(16)8-13/h6-8,10,14,17H,2-5,9H2,1H3. The molecule has 0 spiro atoms. The quantitative estimate of drug-likeness (QED) is 0.808. The van der Waals surface area contributed by atoms with Crippen LogP contribution in [0.2, 0.25) is 0 Å². The van der Waals surface area contributed by atoms with Crippen LogP contribution in [0.1, 0.15) is 26.2 Å². The molecule has 1 aromatic carbocycles. The number of rotatable bonds is 7. The number of ether oxygens (including phenoxy) is 1. The molecule has 0 saturated heterocycles. The van der Waals surface area contributed by atoms with Gasteiger partial charge in [0.2, 0.25) is 0 Å². The van der Waals surface area contributed by atoms with Gasteiger partial charge in [0.05, 0.1) is 0 Å². The van der Waals surface area contributed by atoms with Crippen LogP contribution < -0.4 is 10.1 Å². The third-order valence-electron chi connectivity index (χ3n) is 3.11. The number of hydrogen-bond acceptors (Lipinski definition) is 2. The summed E-state index contributed by atoms with van der Waals surface area (Å²) in [6.07, 6.45) is 3.49. The molecule has 2 rings (SSSR count). The molecule has 0 aliphatic heterocycles. The first-order valence-electron chi connectivity index (χ1n) is 6.51. The maximum Gasteiger partial charge on any atom is 0.129 e. The fraction of sp³-hybridized carbons (Fsp3) is 0.571. The van der Waals surface area contributed by atoms with Crippen molar-refractivity contribution in [1.82, 2.24) is 5.32 Å². The summed E-state index contributed by atoms with van der Waals surface area (Å²) in [5.74, 6) is -0.296. The zero-order valence-corrected chi connectivity index (χ0v) is 10.6. The first-order chi connectivity index (χ1) is 8.69. The molecule has 1 N–H and O–H groups in total. The molecule has 0 bridgehead atoms. The number of hydrogen-bond donors (Lipinski definition) is 1. The Labute approximate surface area is 106 Å². The molecule has 0 amide bonds. The van der Waals surface area contributed by atoms with E-state index in [2.05, 4.69) is 12.2 Å². The molecule has 1 saturated carbocycles. The van der Waals surface area contributed by atoms with Crippen LogP contribution in [0.3, 0.4) is 0 Å². The number of halogens is 2.